The van der Waals surface area contributed by atoms with Crippen molar-refractivity contribution in [1.82, 2.24) is 15.4 Å². The molecule has 0 saturated heterocycles. The Morgan fingerprint density at radius 2 is 1.91 bits per heavy atom. The molecule has 1 atom stereocenters. The Kier molecular flexibility index (Phi) is 7.04. The molecular formula is C20H22FN3O6S2. The van der Waals surface area contributed by atoms with Crippen molar-refractivity contribution in [3.63, 3.8) is 0 Å². The topological polar surface area (TPSA) is 115 Å². The number of fused-ring (bicyclic) bond motifs is 1. The van der Waals surface area contributed by atoms with Gasteiger partial charge in [-0.3, -0.25) is 9.52 Å². The molecule has 172 valence electrons. The van der Waals surface area contributed by atoms with Crippen LogP contribution in [-0.4, -0.2) is 53.4 Å². The molecule has 0 radical (unpaired) electrons. The maximum absolute atomic E-state index is 13.6. The summed E-state index contributed by atoms with van der Waals surface area (Å²) in [5.41, 5.74) is 0.588. The normalized spacial score (nSPS) is 15.1. The number of carbonyl (C=O) groups excluding carboxylic acids is 1. The van der Waals surface area contributed by atoms with Gasteiger partial charge in [-0.1, -0.05) is 0 Å². The number of ether oxygens (including phenoxy) is 3. The number of halogens is 1. The lowest BCUT2D eigenvalue weighted by atomic mass is 10.0. The second-order valence-electron chi connectivity index (χ2n) is 6.83. The Morgan fingerprint density at radius 1 is 1.19 bits per heavy atom. The molecule has 12 heteroatoms. The molecule has 0 fully saturated rings. The highest BCUT2D eigenvalue weighted by molar-refractivity contribution is 7.92. The lowest BCUT2D eigenvalue weighted by molar-refractivity contribution is 0.0911. The maximum atomic E-state index is 13.6. The summed E-state index contributed by atoms with van der Waals surface area (Å²) in [6.45, 7) is 0.133. The number of hydrogen-bond acceptors (Lipinski definition) is 7. The minimum atomic E-state index is -4.02. The maximum Gasteiger partial charge on any atom is 0.267 e. The van der Waals surface area contributed by atoms with Gasteiger partial charge >= 0.3 is 0 Å². The Labute approximate surface area is 190 Å². The highest BCUT2D eigenvalue weighted by Crippen LogP contribution is 2.35. The monoisotopic (exact) mass is 483 g/mol. The molecule has 3 N–H and O–H groups in total. The van der Waals surface area contributed by atoms with Crippen LogP contribution in [0.25, 0.3) is 0 Å². The highest BCUT2D eigenvalue weighted by Gasteiger charge is 2.28. The van der Waals surface area contributed by atoms with Gasteiger partial charge in [-0.25, -0.2) is 12.8 Å². The van der Waals surface area contributed by atoms with Crippen molar-refractivity contribution < 1.29 is 31.8 Å². The van der Waals surface area contributed by atoms with Gasteiger partial charge in [-0.15, -0.1) is 0 Å². The van der Waals surface area contributed by atoms with Crippen LogP contribution in [0.2, 0.25) is 0 Å². The fraction of sp³-hybridized carbons (Fsp3) is 0.300. The number of benzene rings is 2. The molecule has 0 saturated carbocycles. The second-order valence-corrected chi connectivity index (χ2v) is 8.88. The van der Waals surface area contributed by atoms with Crippen LogP contribution in [0.3, 0.4) is 0 Å². The SMILES string of the molecule is CNC(=S)NS(=O)(=O)c1cc2c(cc1OC)OCC(NC(=O)c1cc(F)ccc1OC)C2. The Balaban J connectivity index is 1.85. The molecule has 0 aromatic heterocycles. The molecule has 32 heavy (non-hydrogen) atoms. The van der Waals surface area contributed by atoms with Gasteiger partial charge in [-0.05, 0) is 48.5 Å². The molecule has 0 bridgehead atoms. The van der Waals surface area contributed by atoms with Gasteiger partial charge in [-0.2, -0.15) is 0 Å². The van der Waals surface area contributed by atoms with Gasteiger partial charge in [0, 0.05) is 13.1 Å². The summed E-state index contributed by atoms with van der Waals surface area (Å²) >= 11 is 4.89. The average molecular weight is 484 g/mol. The molecule has 1 amide bonds. The van der Waals surface area contributed by atoms with Crippen LogP contribution in [0, 0.1) is 5.82 Å². The van der Waals surface area contributed by atoms with Crippen molar-refractivity contribution >= 4 is 33.3 Å². The van der Waals surface area contributed by atoms with Gasteiger partial charge in [0.15, 0.2) is 5.11 Å². The van der Waals surface area contributed by atoms with E-state index in [9.17, 15) is 17.6 Å². The Bertz CT molecular complexity index is 1160. The van der Waals surface area contributed by atoms with E-state index >= 15 is 0 Å². The van der Waals surface area contributed by atoms with Gasteiger partial charge in [0.2, 0.25) is 0 Å². The molecular weight excluding hydrogens is 461 g/mol. The third-order valence-electron chi connectivity index (χ3n) is 4.74. The van der Waals surface area contributed by atoms with Crippen LogP contribution in [0.4, 0.5) is 4.39 Å². The van der Waals surface area contributed by atoms with Crippen molar-refractivity contribution in [2.24, 2.45) is 0 Å². The zero-order valence-corrected chi connectivity index (χ0v) is 19.2. The van der Waals surface area contributed by atoms with E-state index < -0.39 is 27.8 Å². The molecule has 1 heterocycles. The number of sulfonamides is 1. The molecule has 2 aromatic rings. The van der Waals surface area contributed by atoms with Crippen LogP contribution in [-0.2, 0) is 16.4 Å². The van der Waals surface area contributed by atoms with E-state index in [1.54, 1.807) is 0 Å². The standard InChI is InChI=1S/C20H22FN3O6S2/c1-22-20(31)24-32(26,27)18-7-11-6-13(10-30-16(11)9-17(18)29-3)23-19(25)14-8-12(21)4-5-15(14)28-2/h4-5,7-9,13H,6,10H2,1-3H3,(H,23,25)(H2,22,24,31). The molecule has 1 aliphatic rings. The van der Waals surface area contributed by atoms with Gasteiger partial charge < -0.3 is 24.8 Å². The number of amides is 1. The van der Waals surface area contributed by atoms with Crippen LogP contribution >= 0.6 is 12.2 Å². The number of carbonyl (C=O) groups is 1. The summed E-state index contributed by atoms with van der Waals surface area (Å²) in [6, 6.07) is 6.04. The fourth-order valence-corrected chi connectivity index (χ4v) is 4.69. The average Bonchev–Trinajstić information content (AvgIpc) is 2.77. The quantitative estimate of drug-likeness (QED) is 0.528. The second kappa shape index (κ2) is 9.57. The first-order chi connectivity index (χ1) is 15.2. The largest absolute Gasteiger partial charge is 0.496 e. The van der Waals surface area contributed by atoms with E-state index in [0.29, 0.717) is 11.3 Å². The zero-order chi connectivity index (χ0) is 23.5. The van der Waals surface area contributed by atoms with Crippen LogP contribution < -0.4 is 29.6 Å². The Hall–Kier alpha value is -3.12. The van der Waals surface area contributed by atoms with Crippen molar-refractivity contribution in [2.45, 2.75) is 17.4 Å². The lowest BCUT2D eigenvalue weighted by Crippen LogP contribution is -2.43. The lowest BCUT2D eigenvalue weighted by Gasteiger charge is -2.27. The van der Waals surface area contributed by atoms with Gasteiger partial charge in [0.1, 0.15) is 34.6 Å². The van der Waals surface area contributed by atoms with Crippen molar-refractivity contribution in [2.75, 3.05) is 27.9 Å². The first kappa shape index (κ1) is 23.5. The van der Waals surface area contributed by atoms with E-state index in [1.807, 2.05) is 0 Å². The predicted molar refractivity (Wildman–Crippen MR) is 118 cm³/mol. The minimum Gasteiger partial charge on any atom is -0.496 e. The van der Waals surface area contributed by atoms with Crippen molar-refractivity contribution in [3.05, 3.63) is 47.3 Å². The molecule has 0 spiro atoms. The summed E-state index contributed by atoms with van der Waals surface area (Å²) in [4.78, 5) is 12.6. The first-order valence-corrected chi connectivity index (χ1v) is 11.3. The van der Waals surface area contributed by atoms with Crippen LogP contribution in [0.1, 0.15) is 15.9 Å². The van der Waals surface area contributed by atoms with Crippen LogP contribution in [0.15, 0.2) is 35.2 Å². The van der Waals surface area contributed by atoms with Crippen molar-refractivity contribution in [3.8, 4) is 17.2 Å². The zero-order valence-electron chi connectivity index (χ0n) is 17.5. The fourth-order valence-electron chi connectivity index (χ4n) is 3.20. The van der Waals surface area contributed by atoms with E-state index in [1.165, 1.54) is 45.5 Å². The third kappa shape index (κ3) is 5.02. The third-order valence-corrected chi connectivity index (χ3v) is 6.54. The number of rotatable bonds is 6. The van der Waals surface area contributed by atoms with Crippen molar-refractivity contribution in [1.29, 1.82) is 0 Å². The number of thiocarbonyl (C=S) groups is 1. The van der Waals surface area contributed by atoms with Crippen LogP contribution in [0.5, 0.6) is 17.2 Å². The summed E-state index contributed by atoms with van der Waals surface area (Å²) in [7, 11) is 0.189. The molecule has 2 aromatic carbocycles. The summed E-state index contributed by atoms with van der Waals surface area (Å²) in [5.74, 6) is -0.366. The predicted octanol–water partition coefficient (Wildman–Crippen LogP) is 1.36. The summed E-state index contributed by atoms with van der Waals surface area (Å²) < 4.78 is 57.4. The summed E-state index contributed by atoms with van der Waals surface area (Å²) in [6.07, 6.45) is 0.279. The molecule has 1 unspecified atom stereocenters. The van der Waals surface area contributed by atoms with E-state index in [-0.39, 0.29) is 40.1 Å². The number of methoxy groups -OCH3 is 2. The highest BCUT2D eigenvalue weighted by atomic mass is 32.2. The molecule has 9 nitrogen and oxygen atoms in total. The first-order valence-electron chi connectivity index (χ1n) is 9.41. The minimum absolute atomic E-state index is 0.0427. The van der Waals surface area contributed by atoms with Gasteiger partial charge in [0.25, 0.3) is 15.9 Å². The molecule has 3 rings (SSSR count). The smallest absolute Gasteiger partial charge is 0.267 e. The number of nitrogens with one attached hydrogen (secondary N) is 3. The van der Waals surface area contributed by atoms with E-state index in [0.717, 1.165) is 6.07 Å². The Morgan fingerprint density at radius 3 is 2.56 bits per heavy atom. The molecule has 1 aliphatic heterocycles. The van der Waals surface area contributed by atoms with E-state index in [4.69, 9.17) is 26.4 Å². The molecule has 0 aliphatic carbocycles. The van der Waals surface area contributed by atoms with Gasteiger partial charge in [0.05, 0.1) is 25.8 Å². The number of hydrogen-bond donors (Lipinski definition) is 3. The summed E-state index contributed by atoms with van der Waals surface area (Å²) in [5, 5.41) is 5.23. The van der Waals surface area contributed by atoms with E-state index in [2.05, 4.69) is 15.4 Å².